The first-order valence-electron chi connectivity index (χ1n) is 6.13. The summed E-state index contributed by atoms with van der Waals surface area (Å²) in [6.07, 6.45) is -0.321. The molecule has 0 bridgehead atoms. The van der Waals surface area contributed by atoms with Gasteiger partial charge < -0.3 is 0 Å². The van der Waals surface area contributed by atoms with Gasteiger partial charge >= 0.3 is 11.4 Å². The quantitative estimate of drug-likeness (QED) is 0.844. The van der Waals surface area contributed by atoms with Crippen molar-refractivity contribution in [3.63, 3.8) is 0 Å². The van der Waals surface area contributed by atoms with Crippen molar-refractivity contribution in [1.29, 1.82) is 0 Å². The summed E-state index contributed by atoms with van der Waals surface area (Å²) in [4.78, 5) is 0. The molecule has 0 N–H and O–H groups in total. The molecule has 0 aromatic heterocycles. The molecule has 98 valence electrons. The molecule has 3 rings (SSSR count). The van der Waals surface area contributed by atoms with Gasteiger partial charge in [0.1, 0.15) is 6.10 Å². The molecule has 19 heavy (non-hydrogen) atoms. The van der Waals surface area contributed by atoms with Crippen molar-refractivity contribution in [2.45, 2.75) is 18.6 Å². The third-order valence-corrected chi connectivity index (χ3v) is 4.24. The second kappa shape index (κ2) is 4.89. The first-order chi connectivity index (χ1) is 9.23. The van der Waals surface area contributed by atoms with Crippen LogP contribution in [0.2, 0.25) is 0 Å². The fourth-order valence-corrected chi connectivity index (χ4v) is 3.44. The highest BCUT2D eigenvalue weighted by Crippen LogP contribution is 2.43. The summed E-state index contributed by atoms with van der Waals surface area (Å²) < 4.78 is 22.7. The van der Waals surface area contributed by atoms with Gasteiger partial charge in [-0.3, -0.25) is 4.18 Å². The van der Waals surface area contributed by atoms with Crippen LogP contribution in [0.4, 0.5) is 0 Å². The van der Waals surface area contributed by atoms with Gasteiger partial charge in [-0.25, -0.2) is 4.18 Å². The molecular formula is C15H14O3S. The third-order valence-electron chi connectivity index (χ3n) is 3.40. The lowest BCUT2D eigenvalue weighted by atomic mass is 9.82. The molecule has 1 fully saturated rings. The van der Waals surface area contributed by atoms with E-state index >= 15 is 0 Å². The van der Waals surface area contributed by atoms with Crippen LogP contribution in [-0.4, -0.2) is 10.3 Å². The SMILES string of the molecule is C[C@H]1O[S@@](=O)OC1(c1ccccc1)c1ccccc1. The molecule has 4 heteroatoms. The van der Waals surface area contributed by atoms with Crippen LogP contribution in [-0.2, 0) is 25.3 Å². The summed E-state index contributed by atoms with van der Waals surface area (Å²) in [5.74, 6) is 0. The minimum absolute atomic E-state index is 0.321. The normalized spacial score (nSPS) is 25.3. The van der Waals surface area contributed by atoms with Crippen molar-refractivity contribution in [1.82, 2.24) is 0 Å². The first-order valence-corrected chi connectivity index (χ1v) is 7.13. The highest BCUT2D eigenvalue weighted by Gasteiger charge is 2.50. The summed E-state index contributed by atoms with van der Waals surface area (Å²) in [6.45, 7) is 1.88. The van der Waals surface area contributed by atoms with Gasteiger partial charge in [-0.15, -0.1) is 0 Å². The Morgan fingerprint density at radius 3 is 1.79 bits per heavy atom. The van der Waals surface area contributed by atoms with Crippen LogP contribution in [0, 0.1) is 0 Å². The summed E-state index contributed by atoms with van der Waals surface area (Å²) in [7, 11) is 0. The van der Waals surface area contributed by atoms with Gasteiger partial charge in [-0.2, -0.15) is 4.21 Å². The lowest BCUT2D eigenvalue weighted by Crippen LogP contribution is -2.36. The maximum atomic E-state index is 11.7. The second-order valence-electron chi connectivity index (χ2n) is 4.49. The zero-order chi connectivity index (χ0) is 13.3. The van der Waals surface area contributed by atoms with E-state index in [1.807, 2.05) is 67.6 Å². The van der Waals surface area contributed by atoms with E-state index < -0.39 is 17.0 Å². The molecule has 0 aliphatic carbocycles. The molecule has 3 nitrogen and oxygen atoms in total. The zero-order valence-corrected chi connectivity index (χ0v) is 11.3. The Hall–Kier alpha value is -1.49. The van der Waals surface area contributed by atoms with Gasteiger partial charge in [0.2, 0.25) is 0 Å². The summed E-state index contributed by atoms with van der Waals surface area (Å²) >= 11 is -1.72. The van der Waals surface area contributed by atoms with E-state index in [9.17, 15) is 4.21 Å². The third kappa shape index (κ3) is 2.02. The van der Waals surface area contributed by atoms with Crippen molar-refractivity contribution >= 4 is 11.4 Å². The molecule has 2 aromatic carbocycles. The van der Waals surface area contributed by atoms with E-state index in [4.69, 9.17) is 8.37 Å². The lowest BCUT2D eigenvalue weighted by molar-refractivity contribution is 0.0859. The Labute approximate surface area is 115 Å². The number of rotatable bonds is 2. The Kier molecular flexibility index (Phi) is 3.22. The van der Waals surface area contributed by atoms with Gasteiger partial charge in [0.25, 0.3) is 0 Å². The fourth-order valence-electron chi connectivity index (χ4n) is 2.48. The molecule has 0 spiro atoms. The standard InChI is InChI=1S/C15H14O3S/c1-12-15(18-19(16)17-12,13-8-4-2-5-9-13)14-10-6-3-7-11-14/h2-12H,1H3/t12-,19-/m1/s1. The maximum absolute atomic E-state index is 11.7. The predicted octanol–water partition coefficient (Wildman–Crippen LogP) is 2.94. The highest BCUT2D eigenvalue weighted by molar-refractivity contribution is 7.75. The number of hydrogen-bond donors (Lipinski definition) is 0. The minimum atomic E-state index is -1.72. The molecule has 2 aromatic rings. The van der Waals surface area contributed by atoms with Crippen LogP contribution in [0.3, 0.4) is 0 Å². The van der Waals surface area contributed by atoms with Gasteiger partial charge in [0.05, 0.1) is 0 Å². The summed E-state index contributed by atoms with van der Waals surface area (Å²) in [6, 6.07) is 19.5. The second-order valence-corrected chi connectivity index (χ2v) is 5.26. The molecule has 0 unspecified atom stereocenters. The van der Waals surface area contributed by atoms with Crippen LogP contribution >= 0.6 is 0 Å². The molecule has 2 atom stereocenters. The molecule has 0 amide bonds. The Morgan fingerprint density at radius 1 is 0.947 bits per heavy atom. The van der Waals surface area contributed by atoms with Crippen LogP contribution in [0.25, 0.3) is 0 Å². The molecular weight excluding hydrogens is 260 g/mol. The Balaban J connectivity index is 2.20. The van der Waals surface area contributed by atoms with Crippen molar-refractivity contribution in [2.75, 3.05) is 0 Å². The van der Waals surface area contributed by atoms with Crippen molar-refractivity contribution < 1.29 is 12.6 Å². The lowest BCUT2D eigenvalue weighted by Gasteiger charge is -2.30. The molecule has 1 saturated heterocycles. The topological polar surface area (TPSA) is 35.5 Å². The van der Waals surface area contributed by atoms with E-state index in [0.717, 1.165) is 11.1 Å². The van der Waals surface area contributed by atoms with Crippen LogP contribution in [0.1, 0.15) is 18.1 Å². The monoisotopic (exact) mass is 274 g/mol. The molecule has 0 saturated carbocycles. The highest BCUT2D eigenvalue weighted by atomic mass is 32.2. The number of hydrogen-bond acceptors (Lipinski definition) is 3. The largest absolute Gasteiger partial charge is 0.306 e. The summed E-state index contributed by atoms with van der Waals surface area (Å²) in [5, 5.41) is 0. The molecule has 0 radical (unpaired) electrons. The van der Waals surface area contributed by atoms with Crippen molar-refractivity contribution in [3.8, 4) is 0 Å². The molecule has 1 aliphatic rings. The zero-order valence-electron chi connectivity index (χ0n) is 10.5. The number of benzene rings is 2. The van der Waals surface area contributed by atoms with Crippen molar-refractivity contribution in [2.24, 2.45) is 0 Å². The van der Waals surface area contributed by atoms with E-state index in [0.29, 0.717) is 0 Å². The van der Waals surface area contributed by atoms with E-state index in [-0.39, 0.29) is 6.10 Å². The van der Waals surface area contributed by atoms with Crippen LogP contribution < -0.4 is 0 Å². The van der Waals surface area contributed by atoms with Crippen LogP contribution in [0.5, 0.6) is 0 Å². The Morgan fingerprint density at radius 2 is 1.42 bits per heavy atom. The summed E-state index contributed by atoms with van der Waals surface area (Å²) in [5.41, 5.74) is 1.08. The molecule has 1 heterocycles. The van der Waals surface area contributed by atoms with Gasteiger partial charge in [-0.05, 0) is 18.1 Å². The van der Waals surface area contributed by atoms with Gasteiger partial charge in [0, 0.05) is 0 Å². The maximum Gasteiger partial charge on any atom is 0.306 e. The Bertz CT molecular complexity index is 543. The van der Waals surface area contributed by atoms with E-state index in [1.54, 1.807) is 0 Å². The van der Waals surface area contributed by atoms with Crippen LogP contribution in [0.15, 0.2) is 60.7 Å². The van der Waals surface area contributed by atoms with Crippen molar-refractivity contribution in [3.05, 3.63) is 71.8 Å². The van der Waals surface area contributed by atoms with Gasteiger partial charge in [0.15, 0.2) is 5.60 Å². The van der Waals surface area contributed by atoms with E-state index in [2.05, 4.69) is 0 Å². The van der Waals surface area contributed by atoms with E-state index in [1.165, 1.54) is 0 Å². The minimum Gasteiger partial charge on any atom is -0.262 e. The van der Waals surface area contributed by atoms with Gasteiger partial charge in [-0.1, -0.05) is 60.7 Å². The first kappa shape index (κ1) is 12.5. The predicted molar refractivity (Wildman–Crippen MR) is 73.4 cm³/mol. The fraction of sp³-hybridized carbons (Fsp3) is 0.200. The molecule has 1 aliphatic heterocycles. The smallest absolute Gasteiger partial charge is 0.262 e. The average Bonchev–Trinajstić information content (AvgIpc) is 2.76. The average molecular weight is 274 g/mol.